The van der Waals surface area contributed by atoms with Crippen LogP contribution < -0.4 is 0 Å². The lowest BCUT2D eigenvalue weighted by molar-refractivity contribution is 0.0196. The highest BCUT2D eigenvalue weighted by atomic mass is 35.5. The van der Waals surface area contributed by atoms with E-state index in [2.05, 4.69) is 41.5 Å². The SMILES string of the molecule is CCCCC(CCC(C)C)OC(=O)c1cc(C)c(Cl)cc1C(=O)OC(CCCC)CCC(C)C. The Hall–Kier alpha value is -1.55. The first-order chi connectivity index (χ1) is 16.1. The molecule has 0 saturated carbocycles. The number of ether oxygens (including phenoxy) is 2. The molecule has 5 heteroatoms. The molecule has 34 heavy (non-hydrogen) atoms. The molecular weight excluding hydrogens is 448 g/mol. The molecule has 0 N–H and O–H groups in total. The summed E-state index contributed by atoms with van der Waals surface area (Å²) in [5.41, 5.74) is 1.18. The Labute approximate surface area is 213 Å². The van der Waals surface area contributed by atoms with Gasteiger partial charge in [-0.1, -0.05) is 78.8 Å². The molecule has 1 rings (SSSR count). The van der Waals surface area contributed by atoms with Crippen LogP contribution in [0, 0.1) is 18.8 Å². The molecule has 0 aromatic heterocycles. The van der Waals surface area contributed by atoms with Gasteiger partial charge in [-0.25, -0.2) is 9.59 Å². The molecule has 2 unspecified atom stereocenters. The fourth-order valence-corrected chi connectivity index (χ4v) is 4.04. The first kappa shape index (κ1) is 30.5. The molecule has 0 fully saturated rings. The van der Waals surface area contributed by atoms with Gasteiger partial charge in [-0.15, -0.1) is 0 Å². The molecule has 2 atom stereocenters. The smallest absolute Gasteiger partial charge is 0.339 e. The minimum Gasteiger partial charge on any atom is -0.459 e. The number of esters is 2. The molecular formula is C29H47ClO4. The number of aryl methyl sites for hydroxylation is 1. The van der Waals surface area contributed by atoms with Gasteiger partial charge in [0.2, 0.25) is 0 Å². The van der Waals surface area contributed by atoms with E-state index in [0.717, 1.165) is 69.8 Å². The number of halogens is 1. The van der Waals surface area contributed by atoms with E-state index < -0.39 is 11.9 Å². The van der Waals surface area contributed by atoms with Gasteiger partial charge in [-0.05, 0) is 75.0 Å². The van der Waals surface area contributed by atoms with E-state index in [1.807, 2.05) is 6.92 Å². The predicted molar refractivity (Wildman–Crippen MR) is 142 cm³/mol. The molecule has 0 heterocycles. The van der Waals surface area contributed by atoms with Crippen LogP contribution in [-0.4, -0.2) is 24.1 Å². The van der Waals surface area contributed by atoms with Gasteiger partial charge >= 0.3 is 11.9 Å². The Bertz CT molecular complexity index is 694. The average Bonchev–Trinajstić information content (AvgIpc) is 2.78. The normalized spacial score (nSPS) is 13.2. The fourth-order valence-electron chi connectivity index (χ4n) is 3.88. The van der Waals surface area contributed by atoms with Gasteiger partial charge in [-0.3, -0.25) is 0 Å². The van der Waals surface area contributed by atoms with E-state index in [1.165, 1.54) is 0 Å². The highest BCUT2D eigenvalue weighted by molar-refractivity contribution is 6.32. The van der Waals surface area contributed by atoms with Crippen molar-refractivity contribution < 1.29 is 19.1 Å². The first-order valence-corrected chi connectivity index (χ1v) is 13.7. The van der Waals surface area contributed by atoms with Gasteiger partial charge < -0.3 is 9.47 Å². The quantitative estimate of drug-likeness (QED) is 0.215. The molecule has 0 spiro atoms. The Morgan fingerprint density at radius 2 is 1.15 bits per heavy atom. The van der Waals surface area contributed by atoms with Crippen molar-refractivity contribution >= 4 is 23.5 Å². The molecule has 0 aliphatic heterocycles. The van der Waals surface area contributed by atoms with E-state index in [0.29, 0.717) is 16.9 Å². The van der Waals surface area contributed by atoms with Gasteiger partial charge in [-0.2, -0.15) is 0 Å². The van der Waals surface area contributed by atoms with Crippen LogP contribution in [-0.2, 0) is 9.47 Å². The zero-order valence-electron chi connectivity index (χ0n) is 22.5. The van der Waals surface area contributed by atoms with Gasteiger partial charge in [0, 0.05) is 5.02 Å². The number of benzene rings is 1. The minimum atomic E-state index is -0.494. The Morgan fingerprint density at radius 3 is 1.53 bits per heavy atom. The molecule has 0 aliphatic rings. The van der Waals surface area contributed by atoms with Crippen molar-refractivity contribution in [3.63, 3.8) is 0 Å². The van der Waals surface area contributed by atoms with Crippen molar-refractivity contribution in [1.29, 1.82) is 0 Å². The van der Waals surface area contributed by atoms with Crippen LogP contribution in [0.4, 0.5) is 0 Å². The van der Waals surface area contributed by atoms with Crippen molar-refractivity contribution in [2.45, 2.75) is 125 Å². The number of carbonyl (C=O) groups excluding carboxylic acids is 2. The minimum absolute atomic E-state index is 0.155. The molecule has 0 bridgehead atoms. The second-order valence-corrected chi connectivity index (χ2v) is 10.8. The van der Waals surface area contributed by atoms with Gasteiger partial charge in [0.05, 0.1) is 11.1 Å². The zero-order chi connectivity index (χ0) is 25.7. The molecule has 194 valence electrons. The summed E-state index contributed by atoms with van der Waals surface area (Å²) in [6.45, 7) is 14.8. The number of carbonyl (C=O) groups is 2. The molecule has 1 aromatic rings. The summed E-state index contributed by atoms with van der Waals surface area (Å²) in [4.78, 5) is 26.5. The zero-order valence-corrected chi connectivity index (χ0v) is 23.3. The maximum atomic E-state index is 13.3. The first-order valence-electron chi connectivity index (χ1n) is 13.3. The van der Waals surface area contributed by atoms with Crippen molar-refractivity contribution in [2.24, 2.45) is 11.8 Å². The van der Waals surface area contributed by atoms with Crippen molar-refractivity contribution in [2.75, 3.05) is 0 Å². The van der Waals surface area contributed by atoms with E-state index in [1.54, 1.807) is 12.1 Å². The molecule has 0 saturated heterocycles. The summed E-state index contributed by atoms with van der Waals surface area (Å²) in [6, 6.07) is 3.22. The molecule has 0 amide bonds. The topological polar surface area (TPSA) is 52.6 Å². The van der Waals surface area contributed by atoms with Gasteiger partial charge in [0.1, 0.15) is 12.2 Å². The molecule has 1 aromatic carbocycles. The van der Waals surface area contributed by atoms with Crippen LogP contribution in [0.2, 0.25) is 5.02 Å². The maximum Gasteiger partial charge on any atom is 0.339 e. The van der Waals surface area contributed by atoms with Crippen LogP contribution in [0.5, 0.6) is 0 Å². The fraction of sp³-hybridized carbons (Fsp3) is 0.724. The Balaban J connectivity index is 3.12. The largest absolute Gasteiger partial charge is 0.459 e. The summed E-state index contributed by atoms with van der Waals surface area (Å²) in [6.07, 6.45) is 9.03. The molecule has 0 aliphatic carbocycles. The maximum absolute atomic E-state index is 13.3. The number of unbranched alkanes of at least 4 members (excludes halogenated alkanes) is 2. The highest BCUT2D eigenvalue weighted by Crippen LogP contribution is 2.26. The monoisotopic (exact) mass is 494 g/mol. The lowest BCUT2D eigenvalue weighted by atomic mass is 10.00. The van der Waals surface area contributed by atoms with E-state index >= 15 is 0 Å². The van der Waals surface area contributed by atoms with Crippen molar-refractivity contribution in [3.05, 3.63) is 33.8 Å². The van der Waals surface area contributed by atoms with Crippen LogP contribution in [0.3, 0.4) is 0 Å². The summed E-state index contributed by atoms with van der Waals surface area (Å²) in [5.74, 6) is 0.111. The third-order valence-electron chi connectivity index (χ3n) is 6.18. The summed E-state index contributed by atoms with van der Waals surface area (Å²) in [5, 5.41) is 0.443. The summed E-state index contributed by atoms with van der Waals surface area (Å²) < 4.78 is 11.9. The summed E-state index contributed by atoms with van der Waals surface area (Å²) in [7, 11) is 0. The number of hydrogen-bond donors (Lipinski definition) is 0. The second-order valence-electron chi connectivity index (χ2n) is 10.4. The van der Waals surface area contributed by atoms with Gasteiger partial charge in [0.15, 0.2) is 0 Å². The van der Waals surface area contributed by atoms with Gasteiger partial charge in [0.25, 0.3) is 0 Å². The van der Waals surface area contributed by atoms with Crippen LogP contribution >= 0.6 is 11.6 Å². The molecule has 0 radical (unpaired) electrons. The van der Waals surface area contributed by atoms with Crippen LogP contribution in [0.15, 0.2) is 12.1 Å². The lowest BCUT2D eigenvalue weighted by Crippen LogP contribution is -2.24. The van der Waals surface area contributed by atoms with Crippen molar-refractivity contribution in [3.8, 4) is 0 Å². The van der Waals surface area contributed by atoms with E-state index in [-0.39, 0.29) is 23.3 Å². The predicted octanol–water partition coefficient (Wildman–Crippen LogP) is 8.95. The average molecular weight is 495 g/mol. The Morgan fingerprint density at radius 1 is 0.735 bits per heavy atom. The standard InChI is InChI=1S/C29H47ClO4/c1-8-10-12-23(16-14-20(3)4)33-28(31)25-18-22(7)27(30)19-26(25)29(32)34-24(13-11-9-2)17-15-21(5)6/h18-21,23-24H,8-17H2,1-7H3. The highest BCUT2D eigenvalue weighted by Gasteiger charge is 2.26. The third kappa shape index (κ3) is 11.3. The second kappa shape index (κ2) is 16.2. The van der Waals surface area contributed by atoms with Crippen LogP contribution in [0.1, 0.15) is 132 Å². The molecule has 4 nitrogen and oxygen atoms in total. The number of rotatable bonds is 16. The van der Waals surface area contributed by atoms with Crippen LogP contribution in [0.25, 0.3) is 0 Å². The third-order valence-corrected chi connectivity index (χ3v) is 6.58. The van der Waals surface area contributed by atoms with E-state index in [4.69, 9.17) is 21.1 Å². The summed E-state index contributed by atoms with van der Waals surface area (Å²) >= 11 is 6.36. The van der Waals surface area contributed by atoms with E-state index in [9.17, 15) is 9.59 Å². The van der Waals surface area contributed by atoms with Crippen molar-refractivity contribution in [1.82, 2.24) is 0 Å². The Kier molecular flexibility index (Phi) is 14.5. The lowest BCUT2D eigenvalue weighted by Gasteiger charge is -2.22. The number of hydrogen-bond acceptors (Lipinski definition) is 4.